The van der Waals surface area contributed by atoms with Gasteiger partial charge in [0.05, 0.1) is 4.90 Å². The van der Waals surface area contributed by atoms with Gasteiger partial charge in [-0.1, -0.05) is 47.5 Å². The summed E-state index contributed by atoms with van der Waals surface area (Å²) in [7, 11) is -3.89. The monoisotopic (exact) mass is 416 g/mol. The lowest BCUT2D eigenvalue weighted by Crippen LogP contribution is -2.05. The number of nitriles is 1. The molecule has 0 aliphatic rings. The Morgan fingerprint density at radius 3 is 2.48 bits per heavy atom. The largest absolute Gasteiger partial charge is 0.343 e. The fourth-order valence-electron chi connectivity index (χ4n) is 2.57. The maximum absolute atomic E-state index is 12.7. The van der Waals surface area contributed by atoms with Crippen LogP contribution in [0.2, 0.25) is 10.0 Å². The van der Waals surface area contributed by atoms with Crippen molar-refractivity contribution in [3.8, 4) is 6.07 Å². The van der Waals surface area contributed by atoms with Crippen molar-refractivity contribution in [1.82, 2.24) is 4.57 Å². The van der Waals surface area contributed by atoms with Gasteiger partial charge in [0.15, 0.2) is 4.91 Å². The van der Waals surface area contributed by atoms with E-state index in [9.17, 15) is 13.7 Å². The normalized spacial score (nSPS) is 12.0. The zero-order valence-electron chi connectivity index (χ0n) is 14.0. The van der Waals surface area contributed by atoms with Crippen LogP contribution in [-0.2, 0) is 16.4 Å². The summed E-state index contributed by atoms with van der Waals surface area (Å²) < 4.78 is 27.2. The van der Waals surface area contributed by atoms with Gasteiger partial charge in [-0.05, 0) is 48.0 Å². The van der Waals surface area contributed by atoms with Crippen LogP contribution in [0, 0.1) is 11.3 Å². The van der Waals surface area contributed by atoms with Crippen molar-refractivity contribution in [2.24, 2.45) is 0 Å². The summed E-state index contributed by atoms with van der Waals surface area (Å²) >= 11 is 12.1. The molecule has 7 heteroatoms. The maximum Gasteiger partial charge on any atom is 0.216 e. The second-order valence-corrected chi connectivity index (χ2v) is 8.50. The summed E-state index contributed by atoms with van der Waals surface area (Å²) in [6.07, 6.45) is 3.16. The highest BCUT2D eigenvalue weighted by Gasteiger charge is 2.21. The topological polar surface area (TPSA) is 62.9 Å². The van der Waals surface area contributed by atoms with Gasteiger partial charge in [0.1, 0.15) is 6.07 Å². The first kappa shape index (κ1) is 19.2. The molecular weight excluding hydrogens is 403 g/mol. The third kappa shape index (κ3) is 4.25. The molecule has 0 radical (unpaired) electrons. The third-order valence-electron chi connectivity index (χ3n) is 3.95. The van der Waals surface area contributed by atoms with Crippen molar-refractivity contribution in [3.05, 3.63) is 93.1 Å². The summed E-state index contributed by atoms with van der Waals surface area (Å²) in [5.41, 5.74) is 1.41. The molecule has 0 aliphatic carbocycles. The van der Waals surface area contributed by atoms with Crippen LogP contribution in [0.1, 0.15) is 11.3 Å². The van der Waals surface area contributed by atoms with Crippen LogP contribution in [0.15, 0.2) is 76.7 Å². The fourth-order valence-corrected chi connectivity index (χ4v) is 4.20. The predicted molar refractivity (Wildman–Crippen MR) is 107 cm³/mol. The highest BCUT2D eigenvalue weighted by atomic mass is 35.5. The molecule has 1 aromatic heterocycles. The van der Waals surface area contributed by atoms with Crippen LogP contribution >= 0.6 is 23.2 Å². The first-order valence-corrected chi connectivity index (χ1v) is 10.2. The fraction of sp³-hybridized carbons (Fsp3) is 0.0500. The van der Waals surface area contributed by atoms with Crippen LogP contribution in [-0.4, -0.2) is 13.0 Å². The van der Waals surface area contributed by atoms with E-state index in [2.05, 4.69) is 0 Å². The first-order chi connectivity index (χ1) is 12.9. The van der Waals surface area contributed by atoms with Crippen molar-refractivity contribution < 1.29 is 8.42 Å². The van der Waals surface area contributed by atoms with Gasteiger partial charge in [-0.2, -0.15) is 5.26 Å². The second-order valence-electron chi connectivity index (χ2n) is 5.73. The number of sulfone groups is 1. The summed E-state index contributed by atoms with van der Waals surface area (Å²) in [6, 6.07) is 18.4. The van der Waals surface area contributed by atoms with E-state index in [4.69, 9.17) is 23.2 Å². The van der Waals surface area contributed by atoms with Crippen molar-refractivity contribution >= 4 is 39.1 Å². The van der Waals surface area contributed by atoms with E-state index in [0.29, 0.717) is 22.3 Å². The summed E-state index contributed by atoms with van der Waals surface area (Å²) in [5.74, 6) is 0. The number of aromatic nitrogens is 1. The molecular formula is C20H14Cl2N2O2S. The molecule has 0 atom stereocenters. The Bertz CT molecular complexity index is 1140. The Morgan fingerprint density at radius 1 is 1.07 bits per heavy atom. The minimum absolute atomic E-state index is 0.0802. The molecule has 0 spiro atoms. The van der Waals surface area contributed by atoms with Gasteiger partial charge in [0.25, 0.3) is 0 Å². The standard InChI is InChI=1S/C20H14Cl2N2O2S/c21-16-9-8-15(20(22)11-16)14-24-10-4-5-17(24)12-19(13-23)27(25,26)18-6-2-1-3-7-18/h1-12H,14H2/b19-12-. The lowest BCUT2D eigenvalue weighted by Gasteiger charge is -2.10. The number of halogens is 2. The van der Waals surface area contributed by atoms with Crippen LogP contribution in [0.4, 0.5) is 0 Å². The van der Waals surface area contributed by atoms with Gasteiger partial charge in [-0.15, -0.1) is 0 Å². The molecule has 0 bridgehead atoms. The average molecular weight is 417 g/mol. The van der Waals surface area contributed by atoms with Gasteiger partial charge in [0.2, 0.25) is 9.84 Å². The molecule has 1 heterocycles. The molecule has 4 nitrogen and oxygen atoms in total. The molecule has 0 saturated carbocycles. The number of hydrogen-bond acceptors (Lipinski definition) is 3. The van der Waals surface area contributed by atoms with Gasteiger partial charge in [-0.25, -0.2) is 8.42 Å². The minimum Gasteiger partial charge on any atom is -0.343 e. The number of benzene rings is 2. The SMILES string of the molecule is N#C/C(=C/c1cccn1Cc1ccc(Cl)cc1Cl)S(=O)(=O)c1ccccc1. The van der Waals surface area contributed by atoms with Crippen LogP contribution in [0.25, 0.3) is 6.08 Å². The lowest BCUT2D eigenvalue weighted by atomic mass is 10.2. The molecule has 0 unspecified atom stereocenters. The zero-order chi connectivity index (χ0) is 19.4. The molecule has 0 aliphatic heterocycles. The van der Waals surface area contributed by atoms with Crippen LogP contribution in [0.5, 0.6) is 0 Å². The first-order valence-electron chi connectivity index (χ1n) is 7.93. The van der Waals surface area contributed by atoms with Crippen LogP contribution in [0.3, 0.4) is 0 Å². The molecule has 0 N–H and O–H groups in total. The van der Waals surface area contributed by atoms with Crippen molar-refractivity contribution in [2.45, 2.75) is 11.4 Å². The highest BCUT2D eigenvalue weighted by molar-refractivity contribution is 7.95. The van der Waals surface area contributed by atoms with E-state index in [1.807, 2.05) is 10.6 Å². The molecule has 27 heavy (non-hydrogen) atoms. The molecule has 136 valence electrons. The van der Waals surface area contributed by atoms with Crippen molar-refractivity contribution in [1.29, 1.82) is 5.26 Å². The molecule has 0 amide bonds. The van der Waals surface area contributed by atoms with Crippen molar-refractivity contribution in [3.63, 3.8) is 0 Å². The van der Waals surface area contributed by atoms with Gasteiger partial charge in [0, 0.05) is 28.5 Å². The smallest absolute Gasteiger partial charge is 0.216 e. The third-order valence-corrected chi connectivity index (χ3v) is 6.22. The maximum atomic E-state index is 12.7. The zero-order valence-corrected chi connectivity index (χ0v) is 16.3. The van der Waals surface area contributed by atoms with E-state index in [-0.39, 0.29) is 9.80 Å². The lowest BCUT2D eigenvalue weighted by molar-refractivity contribution is 0.603. The van der Waals surface area contributed by atoms with Gasteiger partial charge in [-0.3, -0.25) is 0 Å². The Balaban J connectivity index is 1.98. The Kier molecular flexibility index (Phi) is 5.71. The minimum atomic E-state index is -3.89. The summed E-state index contributed by atoms with van der Waals surface area (Å²) in [4.78, 5) is -0.243. The quantitative estimate of drug-likeness (QED) is 0.538. The summed E-state index contributed by atoms with van der Waals surface area (Å²) in [5, 5.41) is 10.5. The van der Waals surface area contributed by atoms with E-state index in [0.717, 1.165) is 5.56 Å². The number of hydrogen-bond donors (Lipinski definition) is 0. The Hall–Kier alpha value is -2.52. The number of rotatable bonds is 5. The van der Waals surface area contributed by atoms with Gasteiger partial charge >= 0.3 is 0 Å². The van der Waals surface area contributed by atoms with Gasteiger partial charge < -0.3 is 4.57 Å². The van der Waals surface area contributed by atoms with Crippen LogP contribution < -0.4 is 0 Å². The Labute approximate surface area is 167 Å². The summed E-state index contributed by atoms with van der Waals surface area (Å²) in [6.45, 7) is 0.416. The van der Waals surface area contributed by atoms with E-state index < -0.39 is 9.84 Å². The average Bonchev–Trinajstić information content (AvgIpc) is 3.09. The van der Waals surface area contributed by atoms with E-state index in [1.165, 1.54) is 18.2 Å². The molecule has 3 aromatic rings. The van der Waals surface area contributed by atoms with Crippen molar-refractivity contribution in [2.75, 3.05) is 0 Å². The molecule has 0 saturated heterocycles. The molecule has 3 rings (SSSR count). The number of allylic oxidation sites excluding steroid dienone is 1. The Morgan fingerprint density at radius 2 is 1.81 bits per heavy atom. The molecule has 0 fully saturated rings. The second kappa shape index (κ2) is 8.01. The highest BCUT2D eigenvalue weighted by Crippen LogP contribution is 2.24. The van der Waals surface area contributed by atoms with E-state index >= 15 is 0 Å². The number of nitrogens with zero attached hydrogens (tertiary/aromatic N) is 2. The van der Waals surface area contributed by atoms with E-state index in [1.54, 1.807) is 54.7 Å². The predicted octanol–water partition coefficient (Wildman–Crippen LogP) is 5.18. The molecule has 2 aromatic carbocycles.